The molecular weight excluding hydrogens is 865 g/mol. The van der Waals surface area contributed by atoms with Crippen LogP contribution in [0.25, 0.3) is 33.1 Å². The number of aromatic nitrogens is 6. The van der Waals surface area contributed by atoms with Crippen molar-refractivity contribution in [3.8, 4) is 0 Å². The molecule has 6 aromatic rings. The Balaban J connectivity index is 0.000000153. The van der Waals surface area contributed by atoms with Crippen LogP contribution in [0.1, 0.15) is 100 Å². The molecule has 0 saturated heterocycles. The van der Waals surface area contributed by atoms with E-state index in [9.17, 15) is 28.8 Å². The number of imidazole rings is 2. The van der Waals surface area contributed by atoms with Crippen LogP contribution >= 0.6 is 0 Å². The third kappa shape index (κ3) is 9.57. The molecule has 0 saturated carbocycles. The van der Waals surface area contributed by atoms with Crippen molar-refractivity contribution in [2.24, 2.45) is 7.05 Å². The molecular formula is C57H62N6O6. The molecule has 9 rings (SSSR count). The number of carbonyl (C=O) groups is 6. The van der Waals surface area contributed by atoms with Crippen molar-refractivity contribution in [1.29, 1.82) is 0 Å². The van der Waals surface area contributed by atoms with Crippen LogP contribution in [0.2, 0.25) is 0 Å². The number of ketones is 6. The van der Waals surface area contributed by atoms with Crippen molar-refractivity contribution >= 4 is 67.8 Å². The first-order valence-electron chi connectivity index (χ1n) is 23.7. The van der Waals surface area contributed by atoms with Gasteiger partial charge in [-0.1, -0.05) is 36.4 Å². The van der Waals surface area contributed by atoms with Gasteiger partial charge in [-0.15, -0.1) is 0 Å². The van der Waals surface area contributed by atoms with E-state index in [1.54, 1.807) is 62.3 Å². The van der Waals surface area contributed by atoms with Gasteiger partial charge in [0.2, 0.25) is 0 Å². The van der Waals surface area contributed by atoms with Gasteiger partial charge in [-0.3, -0.25) is 38.1 Å². The number of rotatable bonds is 11. The van der Waals surface area contributed by atoms with Crippen molar-refractivity contribution in [3.63, 3.8) is 0 Å². The van der Waals surface area contributed by atoms with Gasteiger partial charge in [0.05, 0.1) is 39.4 Å². The fraction of sp³-hybridized carbons (Fsp3) is 0.333. The zero-order valence-electron chi connectivity index (χ0n) is 41.8. The topological polar surface area (TPSA) is 148 Å². The lowest BCUT2D eigenvalue weighted by molar-refractivity contribution is -0.116. The van der Waals surface area contributed by atoms with E-state index in [0.717, 1.165) is 53.8 Å². The van der Waals surface area contributed by atoms with Gasteiger partial charge < -0.3 is 9.13 Å². The molecule has 0 N–H and O–H groups in total. The fourth-order valence-electron chi connectivity index (χ4n) is 9.57. The highest BCUT2D eigenvalue weighted by molar-refractivity contribution is 6.26. The van der Waals surface area contributed by atoms with Gasteiger partial charge in [0.1, 0.15) is 5.82 Å². The molecule has 0 atom stereocenters. The number of aryl methyl sites for hydroxylation is 5. The smallest absolute Gasteiger partial charge is 0.185 e. The molecule has 12 nitrogen and oxygen atoms in total. The molecule has 69 heavy (non-hydrogen) atoms. The maximum absolute atomic E-state index is 12.5. The first-order chi connectivity index (χ1) is 32.8. The molecule has 3 heterocycles. The number of para-hydroxylation sites is 6. The highest BCUT2D eigenvalue weighted by atomic mass is 16.2. The van der Waals surface area contributed by atoms with Crippen LogP contribution in [-0.4, -0.2) is 63.2 Å². The summed E-state index contributed by atoms with van der Waals surface area (Å²) in [7, 11) is 2.01. The van der Waals surface area contributed by atoms with E-state index < -0.39 is 0 Å². The fourth-order valence-corrected chi connectivity index (χ4v) is 9.57. The third-order valence-corrected chi connectivity index (χ3v) is 14.4. The second-order valence-corrected chi connectivity index (χ2v) is 18.4. The zero-order chi connectivity index (χ0) is 50.0. The second kappa shape index (κ2) is 20.5. The summed E-state index contributed by atoms with van der Waals surface area (Å²) < 4.78 is 8.48. The molecule has 0 spiro atoms. The standard InChI is InChI=1S/C20H22N2O2.C19H20N2O2.C18H20N2O2/c1-12-13(2)20(24)16(14(3)19(12)23)8-7-11-22-15(4)21-17-9-5-6-10-18(17)22;1-12-13(2)19(23)15(14(3)18(12)22)7-6-10-21-11-20-16-8-4-5-9-17(16)21;1-11-12(2)18(22)14(13(3)17(11)21)9-10-20-16-8-6-5-7-15(16)19(20)4/h5-6,9-10H,7-8,11H2,1-4H3;4-5,8-9,11H,6-7,10H2,1-3H3;5-8H,9-10H2,1-4H3. The lowest BCUT2D eigenvalue weighted by atomic mass is 9.84. The normalized spacial score (nSPS) is 16.0. The molecule has 3 aliphatic carbocycles. The van der Waals surface area contributed by atoms with Gasteiger partial charge in [-0.2, -0.15) is 0 Å². The van der Waals surface area contributed by atoms with Crippen LogP contribution in [-0.2, 0) is 55.4 Å². The quantitative estimate of drug-likeness (QED) is 0.117. The molecule has 0 bridgehead atoms. The predicted octanol–water partition coefficient (Wildman–Crippen LogP) is 10.7. The third-order valence-electron chi connectivity index (χ3n) is 14.4. The van der Waals surface area contributed by atoms with Gasteiger partial charge in [0, 0.05) is 93.6 Å². The number of hydrogen-bond acceptors (Lipinski definition) is 8. The Morgan fingerprint density at radius 3 is 1.33 bits per heavy atom. The van der Waals surface area contributed by atoms with Crippen LogP contribution in [0.4, 0.5) is 0 Å². The van der Waals surface area contributed by atoms with Crippen molar-refractivity contribution in [1.82, 2.24) is 28.5 Å². The summed E-state index contributed by atoms with van der Waals surface area (Å²) in [5.74, 6) is 1.05. The molecule has 0 unspecified atom stereocenters. The Morgan fingerprint density at radius 1 is 0.406 bits per heavy atom. The van der Waals surface area contributed by atoms with Gasteiger partial charge in [-0.25, -0.2) is 9.97 Å². The largest absolute Gasteiger partial charge is 0.331 e. The first-order valence-corrected chi connectivity index (χ1v) is 23.7. The minimum atomic E-state index is 0.00413. The zero-order valence-corrected chi connectivity index (χ0v) is 41.8. The van der Waals surface area contributed by atoms with Gasteiger partial charge in [0.15, 0.2) is 34.7 Å². The molecule has 3 aromatic carbocycles. The monoisotopic (exact) mass is 926 g/mol. The van der Waals surface area contributed by atoms with E-state index in [-0.39, 0.29) is 34.7 Å². The predicted molar refractivity (Wildman–Crippen MR) is 271 cm³/mol. The molecule has 356 valence electrons. The highest BCUT2D eigenvalue weighted by Crippen LogP contribution is 2.31. The molecule has 12 heteroatoms. The minimum Gasteiger partial charge on any atom is -0.331 e. The average Bonchev–Trinajstić information content (AvgIpc) is 3.92. The molecule has 0 amide bonds. The molecule has 3 aromatic heterocycles. The summed E-state index contributed by atoms with van der Waals surface area (Å²) >= 11 is 0. The van der Waals surface area contributed by atoms with Crippen LogP contribution < -0.4 is 0 Å². The summed E-state index contributed by atoms with van der Waals surface area (Å²) in [4.78, 5) is 82.9. The van der Waals surface area contributed by atoms with Crippen LogP contribution in [0.3, 0.4) is 0 Å². The lowest BCUT2D eigenvalue weighted by Crippen LogP contribution is -2.24. The molecule has 0 fully saturated rings. The summed E-state index contributed by atoms with van der Waals surface area (Å²) in [5.41, 5.74) is 13.8. The van der Waals surface area contributed by atoms with E-state index >= 15 is 0 Å². The van der Waals surface area contributed by atoms with E-state index in [1.165, 1.54) is 11.0 Å². The van der Waals surface area contributed by atoms with Crippen molar-refractivity contribution in [2.45, 2.75) is 121 Å². The molecule has 0 aliphatic heterocycles. The Labute approximate surface area is 403 Å². The number of carbonyl (C=O) groups excluding carboxylic acids is 6. The Kier molecular flexibility index (Phi) is 14.7. The van der Waals surface area contributed by atoms with Crippen molar-refractivity contribution < 1.29 is 28.8 Å². The maximum Gasteiger partial charge on any atom is 0.185 e. The number of benzene rings is 3. The van der Waals surface area contributed by atoms with E-state index in [4.69, 9.17) is 0 Å². The Hall–Kier alpha value is -7.34. The summed E-state index contributed by atoms with van der Waals surface area (Å²) in [6, 6.07) is 24.2. The van der Waals surface area contributed by atoms with Crippen LogP contribution in [0.15, 0.2) is 146 Å². The minimum absolute atomic E-state index is 0.00413. The van der Waals surface area contributed by atoms with Crippen molar-refractivity contribution in [2.75, 3.05) is 0 Å². The number of hydrogen-bond donors (Lipinski definition) is 0. The van der Waals surface area contributed by atoms with E-state index in [0.29, 0.717) is 92.7 Å². The number of nitrogens with zero attached hydrogens (tertiary/aromatic N) is 6. The average molecular weight is 927 g/mol. The lowest BCUT2D eigenvalue weighted by Gasteiger charge is -2.25. The number of allylic oxidation sites excluding steroid dienone is 12. The van der Waals surface area contributed by atoms with E-state index in [1.807, 2.05) is 74.9 Å². The highest BCUT2D eigenvalue weighted by Gasteiger charge is 2.30. The van der Waals surface area contributed by atoms with Crippen LogP contribution in [0, 0.1) is 6.92 Å². The van der Waals surface area contributed by atoms with E-state index in [2.05, 4.69) is 46.7 Å². The summed E-state index contributed by atoms with van der Waals surface area (Å²) in [6.45, 7) is 20.0. The number of fused-ring (bicyclic) bond motifs is 3. The molecule has 0 radical (unpaired) electrons. The first kappa shape index (κ1) is 49.6. The molecule has 3 aliphatic rings. The van der Waals surface area contributed by atoms with Gasteiger partial charge in [-0.05, 0) is 138 Å². The Bertz CT molecular complexity index is 3340. The van der Waals surface area contributed by atoms with Gasteiger partial charge in [0.25, 0.3) is 0 Å². The summed E-state index contributed by atoms with van der Waals surface area (Å²) in [6.07, 6.45) is 5.26. The SMILES string of the molecule is CC1=C(C)C(=O)C(CCCn2c(C)nc3ccccc32)=C(C)C1=O.CC1=C(C)C(=O)C(CCCn2cnc3ccccc32)=C(C)C1=O.CC1=C(C)C(=O)C(CCn2c3ccccc3n2C)=C(C)C1=O. The van der Waals surface area contributed by atoms with Gasteiger partial charge >= 0.3 is 0 Å². The van der Waals surface area contributed by atoms with Crippen molar-refractivity contribution in [3.05, 3.63) is 152 Å². The van der Waals surface area contributed by atoms with Crippen LogP contribution in [0.5, 0.6) is 0 Å². The number of Topliss-reactive ketones (excluding diaryl/α,β-unsaturated/α-hetero) is 6. The second-order valence-electron chi connectivity index (χ2n) is 18.4. The Morgan fingerprint density at radius 2 is 0.812 bits per heavy atom. The summed E-state index contributed by atoms with van der Waals surface area (Å²) in [5, 5.41) is 0. The maximum atomic E-state index is 12.5.